The van der Waals surface area contributed by atoms with Crippen LogP contribution < -0.4 is 5.32 Å². The van der Waals surface area contributed by atoms with E-state index in [-0.39, 0.29) is 22.5 Å². The Morgan fingerprint density at radius 1 is 0.727 bits per heavy atom. The maximum Gasteiger partial charge on any atom is 0.255 e. The summed E-state index contributed by atoms with van der Waals surface area (Å²) in [6.45, 7) is 13.2. The van der Waals surface area contributed by atoms with E-state index in [0.29, 0.717) is 11.1 Å². The minimum Gasteiger partial charge on any atom is -0.322 e. The standard InChI is InChI=1S/C30H33NO2/c1-19-7-13-23(14-8-19)31-28(33)22-11-9-21(10-12-22)27(32)24-18-26-25(17-20(24)2)29(3,4)15-16-30(26,5)6/h7-14,17-18H,15-16H2,1-6H3,(H,31,33). The van der Waals surface area contributed by atoms with Crippen molar-refractivity contribution in [2.45, 2.75) is 65.2 Å². The van der Waals surface area contributed by atoms with Crippen LogP contribution in [0, 0.1) is 13.8 Å². The first-order valence-corrected chi connectivity index (χ1v) is 11.7. The van der Waals surface area contributed by atoms with Gasteiger partial charge in [0.05, 0.1) is 0 Å². The number of aryl methyl sites for hydroxylation is 2. The fourth-order valence-corrected chi connectivity index (χ4v) is 4.74. The molecule has 1 amide bonds. The zero-order chi connectivity index (χ0) is 24.0. The molecule has 0 aromatic heterocycles. The summed E-state index contributed by atoms with van der Waals surface area (Å²) in [6.07, 6.45) is 2.25. The molecule has 0 unspecified atom stereocenters. The van der Waals surface area contributed by atoms with Crippen molar-refractivity contribution < 1.29 is 9.59 Å². The first kappa shape index (κ1) is 23.0. The van der Waals surface area contributed by atoms with Gasteiger partial charge in [-0.15, -0.1) is 0 Å². The van der Waals surface area contributed by atoms with Crippen LogP contribution in [0.25, 0.3) is 0 Å². The van der Waals surface area contributed by atoms with Gasteiger partial charge in [0, 0.05) is 22.4 Å². The Kier molecular flexibility index (Phi) is 5.78. The van der Waals surface area contributed by atoms with E-state index in [0.717, 1.165) is 35.2 Å². The minimum absolute atomic E-state index is 0.0000256. The van der Waals surface area contributed by atoms with E-state index in [1.54, 1.807) is 24.3 Å². The number of fused-ring (bicyclic) bond motifs is 1. The van der Waals surface area contributed by atoms with Crippen LogP contribution in [-0.2, 0) is 10.8 Å². The normalized spacial score (nSPS) is 16.1. The van der Waals surface area contributed by atoms with E-state index in [1.807, 2.05) is 38.1 Å². The van der Waals surface area contributed by atoms with Gasteiger partial charge >= 0.3 is 0 Å². The van der Waals surface area contributed by atoms with E-state index in [9.17, 15) is 9.59 Å². The Bertz CT molecular complexity index is 1220. The highest BCUT2D eigenvalue weighted by Gasteiger charge is 2.37. The van der Waals surface area contributed by atoms with E-state index in [1.165, 1.54) is 11.1 Å². The Morgan fingerprint density at radius 3 is 1.82 bits per heavy atom. The largest absolute Gasteiger partial charge is 0.322 e. The van der Waals surface area contributed by atoms with Crippen LogP contribution in [0.3, 0.4) is 0 Å². The van der Waals surface area contributed by atoms with Gasteiger partial charge in [-0.1, -0.05) is 63.6 Å². The molecule has 0 aliphatic heterocycles. The third-order valence-electron chi connectivity index (χ3n) is 7.16. The summed E-state index contributed by atoms with van der Waals surface area (Å²) in [5.41, 5.74) is 7.56. The Hall–Kier alpha value is -3.20. The summed E-state index contributed by atoms with van der Waals surface area (Å²) in [5, 5.41) is 2.90. The number of anilines is 1. The molecular formula is C30H33NO2. The number of amides is 1. The molecule has 0 radical (unpaired) electrons. The van der Waals surface area contributed by atoms with E-state index in [4.69, 9.17) is 0 Å². The van der Waals surface area contributed by atoms with Gasteiger partial charge in [-0.2, -0.15) is 0 Å². The molecule has 1 aliphatic rings. The van der Waals surface area contributed by atoms with Crippen molar-refractivity contribution in [3.63, 3.8) is 0 Å². The lowest BCUT2D eigenvalue weighted by atomic mass is 9.62. The number of carbonyl (C=O) groups excluding carboxylic acids is 2. The molecule has 0 bridgehead atoms. The fourth-order valence-electron chi connectivity index (χ4n) is 4.74. The van der Waals surface area contributed by atoms with Crippen molar-refractivity contribution in [1.82, 2.24) is 0 Å². The van der Waals surface area contributed by atoms with Crippen LogP contribution in [0.1, 0.15) is 89.1 Å². The van der Waals surface area contributed by atoms with Crippen LogP contribution in [0.4, 0.5) is 5.69 Å². The van der Waals surface area contributed by atoms with Crippen LogP contribution >= 0.6 is 0 Å². The SMILES string of the molecule is Cc1ccc(NC(=O)c2ccc(C(=O)c3cc4c(cc3C)C(C)(C)CCC4(C)C)cc2)cc1. The van der Waals surface area contributed by atoms with Crippen molar-refractivity contribution in [3.8, 4) is 0 Å². The summed E-state index contributed by atoms with van der Waals surface area (Å²) in [6, 6.07) is 19.0. The molecule has 3 aromatic carbocycles. The molecule has 4 rings (SSSR count). The Morgan fingerprint density at radius 2 is 1.24 bits per heavy atom. The van der Waals surface area contributed by atoms with Gasteiger partial charge in [0.15, 0.2) is 5.78 Å². The maximum absolute atomic E-state index is 13.4. The van der Waals surface area contributed by atoms with E-state index >= 15 is 0 Å². The van der Waals surface area contributed by atoms with Crippen molar-refractivity contribution in [3.05, 3.63) is 99.6 Å². The summed E-state index contributed by atoms with van der Waals surface area (Å²) >= 11 is 0. The molecular weight excluding hydrogens is 406 g/mol. The minimum atomic E-state index is -0.188. The highest BCUT2D eigenvalue weighted by Crippen LogP contribution is 2.46. The number of ketones is 1. The molecule has 33 heavy (non-hydrogen) atoms. The summed E-state index contributed by atoms with van der Waals surface area (Å²) in [7, 11) is 0. The van der Waals surface area contributed by atoms with Gasteiger partial charge in [0.25, 0.3) is 5.91 Å². The van der Waals surface area contributed by atoms with E-state index < -0.39 is 0 Å². The number of hydrogen-bond donors (Lipinski definition) is 1. The fraction of sp³-hybridized carbons (Fsp3) is 0.333. The predicted molar refractivity (Wildman–Crippen MR) is 135 cm³/mol. The molecule has 3 nitrogen and oxygen atoms in total. The summed E-state index contributed by atoms with van der Waals surface area (Å²) in [4.78, 5) is 26.0. The molecule has 170 valence electrons. The molecule has 0 fully saturated rings. The zero-order valence-corrected chi connectivity index (χ0v) is 20.5. The first-order valence-electron chi connectivity index (χ1n) is 11.7. The van der Waals surface area contributed by atoms with Crippen molar-refractivity contribution in [2.75, 3.05) is 5.32 Å². The highest BCUT2D eigenvalue weighted by molar-refractivity contribution is 6.11. The number of rotatable bonds is 4. The molecule has 1 N–H and O–H groups in total. The topological polar surface area (TPSA) is 46.2 Å². The molecule has 0 spiro atoms. The van der Waals surface area contributed by atoms with Crippen LogP contribution in [0.2, 0.25) is 0 Å². The van der Waals surface area contributed by atoms with Gasteiger partial charge in [-0.3, -0.25) is 9.59 Å². The molecule has 3 heteroatoms. The lowest BCUT2D eigenvalue weighted by molar-refractivity contribution is 0.101. The van der Waals surface area contributed by atoms with Crippen LogP contribution in [0.5, 0.6) is 0 Å². The monoisotopic (exact) mass is 439 g/mol. The number of benzene rings is 3. The second kappa shape index (κ2) is 8.30. The van der Waals surface area contributed by atoms with Gasteiger partial charge in [0.2, 0.25) is 0 Å². The number of nitrogens with one attached hydrogen (secondary N) is 1. The average Bonchev–Trinajstić information content (AvgIpc) is 2.78. The Labute approximate surface area is 197 Å². The molecule has 0 saturated heterocycles. The van der Waals surface area contributed by atoms with Gasteiger partial charge in [-0.25, -0.2) is 0 Å². The first-order chi connectivity index (χ1) is 15.5. The number of carbonyl (C=O) groups is 2. The second-order valence-electron chi connectivity index (χ2n) is 10.7. The average molecular weight is 440 g/mol. The van der Waals surface area contributed by atoms with Crippen molar-refractivity contribution >= 4 is 17.4 Å². The predicted octanol–water partition coefficient (Wildman–Crippen LogP) is 7.14. The van der Waals surface area contributed by atoms with Gasteiger partial charge < -0.3 is 5.32 Å². The Balaban J connectivity index is 1.60. The van der Waals surface area contributed by atoms with Crippen molar-refractivity contribution in [1.29, 1.82) is 0 Å². The van der Waals surface area contributed by atoms with Gasteiger partial charge in [-0.05, 0) is 84.5 Å². The smallest absolute Gasteiger partial charge is 0.255 e. The third-order valence-corrected chi connectivity index (χ3v) is 7.16. The molecule has 3 aromatic rings. The highest BCUT2D eigenvalue weighted by atomic mass is 16.1. The number of hydrogen-bond acceptors (Lipinski definition) is 2. The lowest BCUT2D eigenvalue weighted by Gasteiger charge is -2.42. The lowest BCUT2D eigenvalue weighted by Crippen LogP contribution is -2.34. The molecule has 0 heterocycles. The maximum atomic E-state index is 13.4. The van der Waals surface area contributed by atoms with Gasteiger partial charge in [0.1, 0.15) is 0 Å². The molecule has 0 saturated carbocycles. The second-order valence-corrected chi connectivity index (χ2v) is 10.7. The van der Waals surface area contributed by atoms with Crippen molar-refractivity contribution in [2.24, 2.45) is 0 Å². The summed E-state index contributed by atoms with van der Waals surface area (Å²) < 4.78 is 0. The van der Waals surface area contributed by atoms with Crippen LogP contribution in [-0.4, -0.2) is 11.7 Å². The molecule has 0 atom stereocenters. The third kappa shape index (κ3) is 4.50. The zero-order valence-electron chi connectivity index (χ0n) is 20.5. The van der Waals surface area contributed by atoms with E-state index in [2.05, 4.69) is 45.1 Å². The quantitative estimate of drug-likeness (QED) is 0.439. The van der Waals surface area contributed by atoms with Crippen LogP contribution in [0.15, 0.2) is 60.7 Å². The molecule has 1 aliphatic carbocycles. The summed E-state index contributed by atoms with van der Waals surface area (Å²) in [5.74, 6) is -0.188.